The number of Topliss-reactive ketones (excluding diaryl/α,β-unsaturated/α-hetero) is 1. The molecule has 0 amide bonds. The molecule has 0 atom stereocenters. The molecule has 2 heterocycles. The maximum Gasteiger partial charge on any atom is 0.175 e. The van der Waals surface area contributed by atoms with Crippen molar-refractivity contribution in [2.45, 2.75) is 13.8 Å². The van der Waals surface area contributed by atoms with E-state index in [2.05, 4.69) is 25.8 Å². The number of ketones is 1. The van der Waals surface area contributed by atoms with Crippen LogP contribution in [0.1, 0.15) is 23.0 Å². The molecule has 3 aromatic rings. The average molecular weight is 324 g/mol. The van der Waals surface area contributed by atoms with Crippen molar-refractivity contribution in [1.82, 2.24) is 15.1 Å². The molecule has 0 unspecified atom stereocenters. The van der Waals surface area contributed by atoms with E-state index < -0.39 is 0 Å². The van der Waals surface area contributed by atoms with E-state index in [-0.39, 0.29) is 5.78 Å². The van der Waals surface area contributed by atoms with E-state index in [1.54, 1.807) is 37.3 Å². The summed E-state index contributed by atoms with van der Waals surface area (Å²) in [6, 6.07) is 8.77. The second-order valence-corrected chi connectivity index (χ2v) is 5.19. The molecule has 4 N–H and O–H groups in total. The van der Waals surface area contributed by atoms with Crippen molar-refractivity contribution >= 4 is 34.6 Å². The molecule has 0 aliphatic rings. The molecule has 0 saturated heterocycles. The average Bonchev–Trinajstić information content (AvgIpc) is 2.97. The van der Waals surface area contributed by atoms with Crippen molar-refractivity contribution in [1.29, 1.82) is 0 Å². The summed E-state index contributed by atoms with van der Waals surface area (Å²) in [4.78, 5) is 19.6. The Bertz CT molecular complexity index is 873. The zero-order chi connectivity index (χ0) is 17.1. The molecule has 0 spiro atoms. The van der Waals surface area contributed by atoms with Gasteiger partial charge in [0.2, 0.25) is 0 Å². The lowest BCUT2D eigenvalue weighted by atomic mass is 10.1. The number of aryl methyl sites for hydroxylation is 1. The first-order valence-corrected chi connectivity index (χ1v) is 7.22. The van der Waals surface area contributed by atoms with Crippen molar-refractivity contribution in [3.63, 3.8) is 0 Å². The number of nitrogen functional groups attached to an aromatic ring is 1. The zero-order valence-electron chi connectivity index (χ0n) is 13.2. The minimum Gasteiger partial charge on any atom is -0.393 e. The zero-order valence-corrected chi connectivity index (χ0v) is 13.2. The van der Waals surface area contributed by atoms with Crippen LogP contribution in [0.2, 0.25) is 0 Å². The van der Waals surface area contributed by atoms with Gasteiger partial charge >= 0.3 is 0 Å². The molecular weight excluding hydrogens is 308 g/mol. The van der Waals surface area contributed by atoms with E-state index in [4.69, 9.17) is 10.3 Å². The lowest BCUT2D eigenvalue weighted by molar-refractivity contribution is 0.101. The van der Waals surface area contributed by atoms with Crippen LogP contribution in [-0.2, 0) is 0 Å². The Hall–Kier alpha value is -3.42. The molecule has 0 bridgehead atoms. The third-order valence-corrected chi connectivity index (χ3v) is 3.31. The van der Waals surface area contributed by atoms with Gasteiger partial charge in [0.25, 0.3) is 0 Å². The fourth-order valence-corrected chi connectivity index (χ4v) is 2.07. The minimum absolute atomic E-state index is 0.0116. The van der Waals surface area contributed by atoms with Crippen LogP contribution in [0, 0.1) is 6.92 Å². The van der Waals surface area contributed by atoms with Gasteiger partial charge in [-0.15, -0.1) is 0 Å². The predicted octanol–water partition coefficient (Wildman–Crippen LogP) is 3.05. The van der Waals surface area contributed by atoms with E-state index in [0.29, 0.717) is 34.5 Å². The smallest absolute Gasteiger partial charge is 0.175 e. The van der Waals surface area contributed by atoms with E-state index in [9.17, 15) is 4.79 Å². The lowest BCUT2D eigenvalue weighted by Crippen LogP contribution is -2.05. The Morgan fingerprint density at radius 3 is 2.38 bits per heavy atom. The topological polar surface area (TPSA) is 119 Å². The molecule has 3 rings (SSSR count). The molecular formula is C16H16N6O2. The van der Waals surface area contributed by atoms with E-state index in [0.717, 1.165) is 5.69 Å². The highest BCUT2D eigenvalue weighted by Gasteiger charge is 2.10. The molecule has 122 valence electrons. The monoisotopic (exact) mass is 324 g/mol. The first kappa shape index (κ1) is 15.5. The first-order valence-electron chi connectivity index (χ1n) is 7.22. The van der Waals surface area contributed by atoms with Crippen molar-refractivity contribution in [3.8, 4) is 0 Å². The van der Waals surface area contributed by atoms with Gasteiger partial charge in [0, 0.05) is 17.3 Å². The second-order valence-electron chi connectivity index (χ2n) is 5.19. The maximum absolute atomic E-state index is 11.3. The van der Waals surface area contributed by atoms with Crippen molar-refractivity contribution < 1.29 is 9.32 Å². The molecule has 8 heteroatoms. The number of rotatable bonds is 5. The molecule has 2 aromatic heterocycles. The number of hydrogen-bond donors (Lipinski definition) is 3. The van der Waals surface area contributed by atoms with Gasteiger partial charge in [0.05, 0.1) is 0 Å². The molecule has 0 aliphatic heterocycles. The van der Waals surface area contributed by atoms with Crippen LogP contribution in [0.4, 0.5) is 28.8 Å². The van der Waals surface area contributed by atoms with Gasteiger partial charge in [-0.3, -0.25) is 4.79 Å². The Labute approximate surface area is 138 Å². The largest absolute Gasteiger partial charge is 0.393 e. The molecule has 0 radical (unpaired) electrons. The van der Waals surface area contributed by atoms with Gasteiger partial charge in [-0.25, -0.2) is 9.97 Å². The highest BCUT2D eigenvalue weighted by Crippen LogP contribution is 2.28. The Morgan fingerprint density at radius 1 is 1.12 bits per heavy atom. The Balaban J connectivity index is 1.81. The molecule has 0 aliphatic carbocycles. The maximum atomic E-state index is 11.3. The van der Waals surface area contributed by atoms with Gasteiger partial charge in [0.15, 0.2) is 23.2 Å². The van der Waals surface area contributed by atoms with Crippen LogP contribution in [0.3, 0.4) is 0 Å². The number of benzene rings is 1. The van der Waals surface area contributed by atoms with E-state index in [1.807, 2.05) is 0 Å². The van der Waals surface area contributed by atoms with Crippen LogP contribution in [-0.4, -0.2) is 20.9 Å². The van der Waals surface area contributed by atoms with E-state index in [1.165, 1.54) is 13.3 Å². The number of aromatic nitrogens is 3. The van der Waals surface area contributed by atoms with Crippen LogP contribution in [0.15, 0.2) is 41.2 Å². The van der Waals surface area contributed by atoms with Crippen molar-refractivity contribution in [3.05, 3.63) is 48.0 Å². The normalized spacial score (nSPS) is 10.4. The standard InChI is InChI=1S/C16H16N6O2/c1-9-7-13(22-24-9)21-16-14(17)15(18-8-19-16)20-12-5-3-11(4-6-12)10(2)23/h3-8H,17H2,1-2H3,(H2,18,19,20,21,22). The van der Waals surface area contributed by atoms with Gasteiger partial charge in [0.1, 0.15) is 17.8 Å². The number of nitrogens with one attached hydrogen (secondary N) is 2. The van der Waals surface area contributed by atoms with Crippen LogP contribution >= 0.6 is 0 Å². The summed E-state index contributed by atoms with van der Waals surface area (Å²) in [5.74, 6) is 2.06. The van der Waals surface area contributed by atoms with E-state index >= 15 is 0 Å². The summed E-state index contributed by atoms with van der Waals surface area (Å²) in [5, 5.41) is 9.91. The highest BCUT2D eigenvalue weighted by molar-refractivity contribution is 5.94. The van der Waals surface area contributed by atoms with Gasteiger partial charge in [-0.1, -0.05) is 5.16 Å². The van der Waals surface area contributed by atoms with Crippen molar-refractivity contribution in [2.75, 3.05) is 16.4 Å². The SMILES string of the molecule is CC(=O)c1ccc(Nc2ncnc(Nc3cc(C)on3)c2N)cc1. The highest BCUT2D eigenvalue weighted by atomic mass is 16.5. The second kappa shape index (κ2) is 6.37. The first-order chi connectivity index (χ1) is 11.5. The number of carbonyl (C=O) groups excluding carboxylic acids is 1. The van der Waals surface area contributed by atoms with Gasteiger partial charge in [-0.2, -0.15) is 0 Å². The summed E-state index contributed by atoms with van der Waals surface area (Å²) in [6.07, 6.45) is 1.39. The van der Waals surface area contributed by atoms with Gasteiger partial charge < -0.3 is 20.9 Å². The molecule has 0 saturated carbocycles. The number of nitrogens with zero attached hydrogens (tertiary/aromatic N) is 3. The van der Waals surface area contributed by atoms with Crippen molar-refractivity contribution in [2.24, 2.45) is 0 Å². The number of nitrogens with two attached hydrogens (primary N) is 1. The number of hydrogen-bond acceptors (Lipinski definition) is 8. The molecule has 8 nitrogen and oxygen atoms in total. The third-order valence-electron chi connectivity index (χ3n) is 3.31. The summed E-state index contributed by atoms with van der Waals surface area (Å²) >= 11 is 0. The Kier molecular flexibility index (Phi) is 4.11. The lowest BCUT2D eigenvalue weighted by Gasteiger charge is -2.11. The summed E-state index contributed by atoms with van der Waals surface area (Å²) in [7, 11) is 0. The predicted molar refractivity (Wildman–Crippen MR) is 90.7 cm³/mol. The summed E-state index contributed by atoms with van der Waals surface area (Å²) in [5.41, 5.74) is 7.84. The molecule has 1 aromatic carbocycles. The van der Waals surface area contributed by atoms with Crippen LogP contribution in [0.25, 0.3) is 0 Å². The third kappa shape index (κ3) is 3.32. The summed E-state index contributed by atoms with van der Waals surface area (Å²) in [6.45, 7) is 3.31. The Morgan fingerprint density at radius 2 is 1.79 bits per heavy atom. The number of carbonyl (C=O) groups is 1. The minimum atomic E-state index is 0.0116. The van der Waals surface area contributed by atoms with Crippen LogP contribution in [0.5, 0.6) is 0 Å². The molecule has 24 heavy (non-hydrogen) atoms. The van der Waals surface area contributed by atoms with Gasteiger partial charge in [-0.05, 0) is 38.1 Å². The van der Waals surface area contributed by atoms with Crippen LogP contribution < -0.4 is 16.4 Å². The quantitative estimate of drug-likeness (QED) is 0.613. The fraction of sp³-hybridized carbons (Fsp3) is 0.125. The number of anilines is 5. The summed E-state index contributed by atoms with van der Waals surface area (Å²) < 4.78 is 4.99. The molecule has 0 fully saturated rings. The fourth-order valence-electron chi connectivity index (χ4n) is 2.07.